The van der Waals surface area contributed by atoms with Crippen LogP contribution in [0.5, 0.6) is 5.75 Å². The molecular weight excluding hydrogens is 245 g/mol. The van der Waals surface area contributed by atoms with Gasteiger partial charge in [-0.2, -0.15) is 0 Å². The predicted molar refractivity (Wildman–Crippen MR) is 62.8 cm³/mol. The maximum Gasteiger partial charge on any atom is 0.522 e. The molecule has 0 radical (unpaired) electrons. The highest BCUT2D eigenvalue weighted by Crippen LogP contribution is 2.24. The highest BCUT2D eigenvalue weighted by atomic mass is 19.4. The van der Waals surface area contributed by atoms with Crippen LogP contribution in [0.4, 0.5) is 13.2 Å². The van der Waals surface area contributed by atoms with Crippen LogP contribution < -0.4 is 4.74 Å². The van der Waals surface area contributed by atoms with Crippen molar-refractivity contribution in [1.29, 1.82) is 0 Å². The molecule has 0 heterocycles. The van der Waals surface area contributed by atoms with Gasteiger partial charge in [-0.1, -0.05) is 26.0 Å². The van der Waals surface area contributed by atoms with E-state index in [4.69, 9.17) is 4.74 Å². The number of rotatable bonds is 5. The summed E-state index contributed by atoms with van der Waals surface area (Å²) in [5.74, 6) is 0.950. The number of hydrogen-bond donors (Lipinski definition) is 0. The third-order valence-electron chi connectivity index (χ3n) is 2.49. The van der Waals surface area contributed by atoms with Gasteiger partial charge in [0, 0.05) is 0 Å². The summed E-state index contributed by atoms with van der Waals surface area (Å²) < 4.78 is 44.2. The molecule has 0 fully saturated rings. The second-order valence-electron chi connectivity index (χ2n) is 4.32. The molecule has 0 aromatic heterocycles. The molecular formula is C13H17F3O2. The number of hydrogen-bond acceptors (Lipinski definition) is 2. The van der Waals surface area contributed by atoms with Gasteiger partial charge in [0.05, 0.1) is 6.61 Å². The van der Waals surface area contributed by atoms with E-state index in [0.29, 0.717) is 11.7 Å². The number of alkyl halides is 3. The zero-order valence-electron chi connectivity index (χ0n) is 10.7. The molecule has 1 rings (SSSR count). The first-order valence-electron chi connectivity index (χ1n) is 5.73. The first-order chi connectivity index (χ1) is 8.29. The van der Waals surface area contributed by atoms with E-state index in [1.807, 2.05) is 39.0 Å². The zero-order chi connectivity index (χ0) is 13.8. The summed E-state index contributed by atoms with van der Waals surface area (Å²) in [7, 11) is 0. The van der Waals surface area contributed by atoms with Crippen molar-refractivity contribution in [2.45, 2.75) is 33.1 Å². The lowest BCUT2D eigenvalue weighted by molar-refractivity contribution is -0.325. The fraction of sp³-hybridized carbons (Fsp3) is 0.538. The second kappa shape index (κ2) is 6.09. The molecule has 0 bridgehead atoms. The molecule has 0 saturated heterocycles. The molecule has 0 N–H and O–H groups in total. The molecule has 1 aromatic rings. The van der Waals surface area contributed by atoms with Crippen LogP contribution in [-0.2, 0) is 4.74 Å². The average Bonchev–Trinajstić information content (AvgIpc) is 2.24. The Morgan fingerprint density at radius 1 is 1.17 bits per heavy atom. The lowest BCUT2D eigenvalue weighted by atomic mass is 10.0. The van der Waals surface area contributed by atoms with E-state index in [1.165, 1.54) is 0 Å². The molecule has 5 heteroatoms. The summed E-state index contributed by atoms with van der Waals surface area (Å²) in [5.41, 5.74) is 1.98. The average molecular weight is 262 g/mol. The van der Waals surface area contributed by atoms with Gasteiger partial charge in [-0.3, -0.25) is 4.74 Å². The molecule has 2 nitrogen and oxygen atoms in total. The smallest absolute Gasteiger partial charge is 0.491 e. The molecule has 0 atom stereocenters. The monoisotopic (exact) mass is 262 g/mol. The fourth-order valence-corrected chi connectivity index (χ4v) is 1.44. The van der Waals surface area contributed by atoms with Gasteiger partial charge in [0.2, 0.25) is 0 Å². The van der Waals surface area contributed by atoms with Gasteiger partial charge in [-0.05, 0) is 30.0 Å². The number of halogens is 3. The Kier molecular flexibility index (Phi) is 5.02. The van der Waals surface area contributed by atoms with E-state index in [0.717, 1.165) is 11.1 Å². The van der Waals surface area contributed by atoms with Crippen molar-refractivity contribution in [2.24, 2.45) is 0 Å². The van der Waals surface area contributed by atoms with Crippen LogP contribution in [0.15, 0.2) is 18.2 Å². The van der Waals surface area contributed by atoms with Crippen molar-refractivity contribution < 1.29 is 22.6 Å². The van der Waals surface area contributed by atoms with Crippen LogP contribution in [0, 0.1) is 6.92 Å². The summed E-state index contributed by atoms with van der Waals surface area (Å²) in [6, 6.07) is 5.74. The molecule has 0 amide bonds. The largest absolute Gasteiger partial charge is 0.522 e. The highest BCUT2D eigenvalue weighted by molar-refractivity contribution is 5.37. The van der Waals surface area contributed by atoms with E-state index in [-0.39, 0.29) is 6.61 Å². The van der Waals surface area contributed by atoms with Gasteiger partial charge >= 0.3 is 6.36 Å². The molecule has 18 heavy (non-hydrogen) atoms. The number of ether oxygens (including phenoxy) is 2. The summed E-state index contributed by atoms with van der Waals surface area (Å²) in [4.78, 5) is 0. The van der Waals surface area contributed by atoms with E-state index in [2.05, 4.69) is 4.74 Å². The quantitative estimate of drug-likeness (QED) is 0.746. The van der Waals surface area contributed by atoms with Crippen LogP contribution in [0.25, 0.3) is 0 Å². The Morgan fingerprint density at radius 3 is 2.39 bits per heavy atom. The van der Waals surface area contributed by atoms with Gasteiger partial charge in [0.1, 0.15) is 12.4 Å². The van der Waals surface area contributed by atoms with E-state index in [9.17, 15) is 13.2 Å². The van der Waals surface area contributed by atoms with E-state index >= 15 is 0 Å². The van der Waals surface area contributed by atoms with E-state index in [1.54, 1.807) is 0 Å². The third kappa shape index (κ3) is 4.96. The number of benzene rings is 1. The SMILES string of the molecule is Cc1ccc(C(C)C)cc1OCCOC(F)(F)F. The Hall–Kier alpha value is -1.23. The lowest BCUT2D eigenvalue weighted by Gasteiger charge is -2.13. The van der Waals surface area contributed by atoms with Crippen molar-refractivity contribution in [3.63, 3.8) is 0 Å². The van der Waals surface area contributed by atoms with Crippen molar-refractivity contribution in [2.75, 3.05) is 13.2 Å². The molecule has 102 valence electrons. The summed E-state index contributed by atoms with van der Waals surface area (Å²) in [6.07, 6.45) is -4.60. The van der Waals surface area contributed by atoms with Crippen LogP contribution in [-0.4, -0.2) is 19.6 Å². The summed E-state index contributed by atoms with van der Waals surface area (Å²) in [6.45, 7) is 5.31. The van der Waals surface area contributed by atoms with Crippen LogP contribution in [0.3, 0.4) is 0 Å². The fourth-order valence-electron chi connectivity index (χ4n) is 1.44. The van der Waals surface area contributed by atoms with Gasteiger partial charge in [0.15, 0.2) is 0 Å². The predicted octanol–water partition coefficient (Wildman–Crippen LogP) is 4.03. The zero-order valence-corrected chi connectivity index (χ0v) is 10.7. The minimum Gasteiger partial charge on any atom is -0.491 e. The van der Waals surface area contributed by atoms with E-state index < -0.39 is 13.0 Å². The molecule has 0 aliphatic carbocycles. The summed E-state index contributed by atoms with van der Waals surface area (Å²) >= 11 is 0. The van der Waals surface area contributed by atoms with Crippen LogP contribution in [0.2, 0.25) is 0 Å². The standard InChI is InChI=1S/C13H17F3O2/c1-9(2)11-5-4-10(3)12(8-11)17-6-7-18-13(14,15)16/h4-5,8-9H,6-7H2,1-3H3. The highest BCUT2D eigenvalue weighted by Gasteiger charge is 2.28. The maximum absolute atomic E-state index is 11.8. The van der Waals surface area contributed by atoms with Crippen LogP contribution >= 0.6 is 0 Å². The van der Waals surface area contributed by atoms with Crippen molar-refractivity contribution in [1.82, 2.24) is 0 Å². The van der Waals surface area contributed by atoms with Crippen molar-refractivity contribution >= 4 is 0 Å². The molecule has 0 aliphatic rings. The summed E-state index contributed by atoms with van der Waals surface area (Å²) in [5, 5.41) is 0. The number of aryl methyl sites for hydroxylation is 1. The molecule has 0 spiro atoms. The van der Waals surface area contributed by atoms with Gasteiger partial charge < -0.3 is 4.74 Å². The Morgan fingerprint density at radius 2 is 1.83 bits per heavy atom. The first-order valence-corrected chi connectivity index (χ1v) is 5.73. The molecule has 0 aliphatic heterocycles. The lowest BCUT2D eigenvalue weighted by Crippen LogP contribution is -2.18. The van der Waals surface area contributed by atoms with Crippen molar-refractivity contribution in [3.05, 3.63) is 29.3 Å². The Labute approximate surface area is 105 Å². The van der Waals surface area contributed by atoms with Crippen molar-refractivity contribution in [3.8, 4) is 5.75 Å². The third-order valence-corrected chi connectivity index (χ3v) is 2.49. The van der Waals surface area contributed by atoms with Gasteiger partial charge in [0.25, 0.3) is 0 Å². The van der Waals surface area contributed by atoms with Gasteiger partial charge in [-0.25, -0.2) is 0 Å². The normalized spacial score (nSPS) is 11.9. The molecule has 0 unspecified atom stereocenters. The minimum absolute atomic E-state index is 0.123. The molecule has 0 saturated carbocycles. The van der Waals surface area contributed by atoms with Gasteiger partial charge in [-0.15, -0.1) is 13.2 Å². The minimum atomic E-state index is -4.60. The Bertz CT molecular complexity index is 386. The van der Waals surface area contributed by atoms with Crippen LogP contribution in [0.1, 0.15) is 30.9 Å². The Balaban J connectivity index is 2.54. The molecule has 1 aromatic carbocycles. The first kappa shape index (κ1) is 14.8. The maximum atomic E-state index is 11.8. The topological polar surface area (TPSA) is 18.5 Å². The second-order valence-corrected chi connectivity index (χ2v) is 4.32.